The largest absolute Gasteiger partial charge is 0.297 e. The Bertz CT molecular complexity index is 861. The highest BCUT2D eigenvalue weighted by Crippen LogP contribution is 2.27. The van der Waals surface area contributed by atoms with Crippen molar-refractivity contribution in [2.45, 2.75) is 30.8 Å². The molecule has 0 saturated carbocycles. The third-order valence-corrected chi connectivity index (χ3v) is 7.03. The predicted molar refractivity (Wildman–Crippen MR) is 101 cm³/mol. The predicted octanol–water partition coefficient (Wildman–Crippen LogP) is 3.76. The summed E-state index contributed by atoms with van der Waals surface area (Å²) in [6.45, 7) is 4.51. The first kappa shape index (κ1) is 19.3. The van der Waals surface area contributed by atoms with Gasteiger partial charge < -0.3 is 0 Å². The van der Waals surface area contributed by atoms with Crippen molar-refractivity contribution in [3.05, 3.63) is 64.9 Å². The van der Waals surface area contributed by atoms with Crippen molar-refractivity contribution >= 4 is 21.6 Å². The van der Waals surface area contributed by atoms with Gasteiger partial charge in [-0.25, -0.2) is 12.8 Å². The lowest BCUT2D eigenvalue weighted by Gasteiger charge is -2.27. The zero-order valence-electron chi connectivity index (χ0n) is 14.6. The molecule has 1 atom stereocenters. The first-order chi connectivity index (χ1) is 12.4. The molecule has 1 fully saturated rings. The number of hydrogen-bond donors (Lipinski definition) is 0. The molecule has 4 nitrogen and oxygen atoms in total. The Hall–Kier alpha value is -1.47. The molecule has 1 aliphatic heterocycles. The smallest absolute Gasteiger partial charge is 0.243 e. The lowest BCUT2D eigenvalue weighted by atomic mass is 10.2. The lowest BCUT2D eigenvalue weighted by Crippen LogP contribution is -2.41. The number of benzene rings is 2. The molecular formula is C19H22ClFN2O2S. The Morgan fingerprint density at radius 1 is 1.23 bits per heavy atom. The van der Waals surface area contributed by atoms with Gasteiger partial charge >= 0.3 is 0 Å². The summed E-state index contributed by atoms with van der Waals surface area (Å²) >= 11 is 5.77. The highest BCUT2D eigenvalue weighted by molar-refractivity contribution is 7.89. The molecule has 1 heterocycles. The van der Waals surface area contributed by atoms with Gasteiger partial charge in [-0.05, 0) is 30.2 Å². The first-order valence-electron chi connectivity index (χ1n) is 8.65. The molecular weight excluding hydrogens is 375 g/mol. The van der Waals surface area contributed by atoms with Crippen molar-refractivity contribution in [3.8, 4) is 0 Å². The van der Waals surface area contributed by atoms with Gasteiger partial charge in [0.2, 0.25) is 10.0 Å². The molecule has 140 valence electrons. The summed E-state index contributed by atoms with van der Waals surface area (Å²) in [6, 6.07) is 13.6. The number of halogens is 2. The third-order valence-electron chi connectivity index (χ3n) is 4.71. The van der Waals surface area contributed by atoms with Gasteiger partial charge in [-0.15, -0.1) is 0 Å². The van der Waals surface area contributed by atoms with Crippen LogP contribution in [0.5, 0.6) is 0 Å². The van der Waals surface area contributed by atoms with E-state index in [-0.39, 0.29) is 16.0 Å². The van der Waals surface area contributed by atoms with Gasteiger partial charge in [-0.1, -0.05) is 48.9 Å². The molecule has 0 spiro atoms. The van der Waals surface area contributed by atoms with Crippen LogP contribution in [0.25, 0.3) is 0 Å². The first-order valence-corrected chi connectivity index (χ1v) is 10.5. The maximum atomic E-state index is 13.4. The summed E-state index contributed by atoms with van der Waals surface area (Å²) in [6.07, 6.45) is 0.773. The van der Waals surface area contributed by atoms with Crippen molar-refractivity contribution in [3.63, 3.8) is 0 Å². The van der Waals surface area contributed by atoms with Crippen molar-refractivity contribution < 1.29 is 12.8 Å². The Morgan fingerprint density at radius 2 is 1.96 bits per heavy atom. The molecule has 0 aliphatic carbocycles. The van der Waals surface area contributed by atoms with Gasteiger partial charge in [-0.3, -0.25) is 4.90 Å². The molecule has 1 unspecified atom stereocenters. The summed E-state index contributed by atoms with van der Waals surface area (Å²) in [4.78, 5) is 2.29. The highest BCUT2D eigenvalue weighted by Gasteiger charge is 2.35. The number of sulfonamides is 1. The van der Waals surface area contributed by atoms with Gasteiger partial charge in [-0.2, -0.15) is 4.31 Å². The van der Waals surface area contributed by atoms with Crippen LogP contribution in [0.2, 0.25) is 5.02 Å². The minimum absolute atomic E-state index is 0.0345. The van der Waals surface area contributed by atoms with E-state index in [1.807, 2.05) is 25.1 Å². The van der Waals surface area contributed by atoms with E-state index >= 15 is 0 Å². The maximum Gasteiger partial charge on any atom is 0.243 e. The van der Waals surface area contributed by atoms with E-state index in [4.69, 9.17) is 11.6 Å². The fourth-order valence-corrected chi connectivity index (χ4v) is 5.36. The fraction of sp³-hybridized carbons (Fsp3) is 0.368. The molecule has 26 heavy (non-hydrogen) atoms. The lowest BCUT2D eigenvalue weighted by molar-refractivity contribution is 0.285. The standard InChI is InChI=1S/C19H22ClFN2O2S/c1-2-23(26(24,25)17-8-9-19(21)18(20)12-17)16-10-11-22(14-16)13-15-6-4-3-5-7-15/h3-9,12,16H,2,10-11,13-14H2,1H3. The number of nitrogens with zero attached hydrogens (tertiary/aromatic N) is 2. The zero-order valence-corrected chi connectivity index (χ0v) is 16.2. The van der Waals surface area contributed by atoms with Crippen molar-refractivity contribution in [2.75, 3.05) is 19.6 Å². The minimum Gasteiger partial charge on any atom is -0.297 e. The Kier molecular flexibility index (Phi) is 5.97. The van der Waals surface area contributed by atoms with Crippen LogP contribution in [0, 0.1) is 5.82 Å². The normalized spacial score (nSPS) is 18.5. The molecule has 0 radical (unpaired) electrons. The van der Waals surface area contributed by atoms with Crippen LogP contribution in [-0.2, 0) is 16.6 Å². The highest BCUT2D eigenvalue weighted by atomic mass is 35.5. The molecule has 2 aromatic carbocycles. The topological polar surface area (TPSA) is 40.6 Å². The van der Waals surface area contributed by atoms with Gasteiger partial charge in [0.25, 0.3) is 0 Å². The number of likely N-dealkylation sites (N-methyl/N-ethyl adjacent to an activating group) is 1. The third kappa shape index (κ3) is 4.09. The van der Waals surface area contributed by atoms with E-state index in [1.54, 1.807) is 0 Å². The molecule has 3 rings (SSSR count). The SMILES string of the molecule is CCN(C1CCN(Cc2ccccc2)C1)S(=O)(=O)c1ccc(F)c(Cl)c1. The molecule has 7 heteroatoms. The molecule has 1 aliphatic rings. The van der Waals surface area contributed by atoms with Crippen LogP contribution in [0.1, 0.15) is 18.9 Å². The van der Waals surface area contributed by atoms with E-state index in [0.29, 0.717) is 13.1 Å². The molecule has 0 aromatic heterocycles. The molecule has 0 amide bonds. The average molecular weight is 397 g/mol. The Morgan fingerprint density at radius 3 is 2.62 bits per heavy atom. The summed E-state index contributed by atoms with van der Waals surface area (Å²) in [5, 5.41) is -0.181. The Balaban J connectivity index is 1.75. The van der Waals surface area contributed by atoms with Crippen molar-refractivity contribution in [1.29, 1.82) is 0 Å². The maximum absolute atomic E-state index is 13.4. The summed E-state index contributed by atoms with van der Waals surface area (Å²) in [5.41, 5.74) is 1.21. The molecule has 0 bridgehead atoms. The summed E-state index contributed by atoms with van der Waals surface area (Å²) in [5.74, 6) is -0.622. The van der Waals surface area contributed by atoms with E-state index in [9.17, 15) is 12.8 Å². The second kappa shape index (κ2) is 8.05. The second-order valence-corrected chi connectivity index (χ2v) is 8.75. The van der Waals surface area contributed by atoms with Gasteiger partial charge in [0.05, 0.1) is 9.92 Å². The van der Waals surface area contributed by atoms with E-state index in [1.165, 1.54) is 22.0 Å². The van der Waals surface area contributed by atoms with Crippen LogP contribution in [0.3, 0.4) is 0 Å². The summed E-state index contributed by atoms with van der Waals surface area (Å²) in [7, 11) is -3.71. The van der Waals surface area contributed by atoms with E-state index in [2.05, 4.69) is 17.0 Å². The van der Waals surface area contributed by atoms with Gasteiger partial charge in [0.15, 0.2) is 0 Å². The number of hydrogen-bond acceptors (Lipinski definition) is 3. The minimum atomic E-state index is -3.71. The average Bonchev–Trinajstić information content (AvgIpc) is 3.06. The van der Waals surface area contributed by atoms with Crippen LogP contribution in [0.15, 0.2) is 53.4 Å². The van der Waals surface area contributed by atoms with Crippen LogP contribution < -0.4 is 0 Å². The van der Waals surface area contributed by atoms with Crippen LogP contribution >= 0.6 is 11.6 Å². The van der Waals surface area contributed by atoms with Gasteiger partial charge in [0.1, 0.15) is 5.82 Å². The van der Waals surface area contributed by atoms with E-state index in [0.717, 1.165) is 25.6 Å². The Labute approximate surface area is 159 Å². The van der Waals surface area contributed by atoms with Crippen LogP contribution in [-0.4, -0.2) is 43.3 Å². The monoisotopic (exact) mass is 396 g/mol. The van der Waals surface area contributed by atoms with Gasteiger partial charge in [0, 0.05) is 32.2 Å². The number of likely N-dealkylation sites (tertiary alicyclic amines) is 1. The van der Waals surface area contributed by atoms with Crippen molar-refractivity contribution in [1.82, 2.24) is 9.21 Å². The van der Waals surface area contributed by atoms with E-state index < -0.39 is 15.8 Å². The molecule has 2 aromatic rings. The fourth-order valence-electron chi connectivity index (χ4n) is 3.43. The summed E-state index contributed by atoms with van der Waals surface area (Å²) < 4.78 is 40.9. The zero-order chi connectivity index (χ0) is 18.7. The molecule has 1 saturated heterocycles. The quantitative estimate of drug-likeness (QED) is 0.746. The molecule has 0 N–H and O–H groups in total. The van der Waals surface area contributed by atoms with Crippen LogP contribution in [0.4, 0.5) is 4.39 Å². The number of rotatable bonds is 6. The van der Waals surface area contributed by atoms with Crippen molar-refractivity contribution in [2.24, 2.45) is 0 Å². The second-order valence-electron chi connectivity index (χ2n) is 6.45.